The molecule has 0 amide bonds. The molecule has 0 radical (unpaired) electrons. The predicted molar refractivity (Wildman–Crippen MR) is 74.0 cm³/mol. The maximum absolute atomic E-state index is 5.93. The maximum atomic E-state index is 5.93. The van der Waals surface area contributed by atoms with Crippen LogP contribution in [0.3, 0.4) is 0 Å². The summed E-state index contributed by atoms with van der Waals surface area (Å²) in [5.41, 5.74) is 7.87. The second kappa shape index (κ2) is 4.55. The number of aromatic nitrogens is 1. The Bertz CT molecular complexity index is 711. The van der Waals surface area contributed by atoms with Crippen LogP contribution in [0, 0.1) is 0 Å². The average molecular weight is 277 g/mol. The van der Waals surface area contributed by atoms with E-state index in [1.807, 2.05) is 30.3 Å². The molecular weight excluding hydrogens is 268 g/mol. The Morgan fingerprint density at radius 3 is 2.89 bits per heavy atom. The number of rotatable bonds is 2. The molecule has 0 aliphatic heterocycles. The largest absolute Gasteiger partial charge is 0.431 e. The highest BCUT2D eigenvalue weighted by atomic mass is 35.5. The molecule has 1 heterocycles. The molecule has 5 heteroatoms. The minimum atomic E-state index is 0.581. The van der Waals surface area contributed by atoms with Crippen LogP contribution in [0.25, 0.3) is 11.1 Å². The summed E-state index contributed by atoms with van der Waals surface area (Å²) >= 11 is 7.36. The van der Waals surface area contributed by atoms with E-state index < -0.39 is 0 Å². The summed E-state index contributed by atoms with van der Waals surface area (Å²) in [7, 11) is 0. The minimum absolute atomic E-state index is 0.581. The third-order valence-corrected chi connectivity index (χ3v) is 3.47. The smallest absolute Gasteiger partial charge is 0.261 e. The number of nitrogen functional groups attached to an aromatic ring is 1. The van der Waals surface area contributed by atoms with Crippen molar-refractivity contribution < 1.29 is 4.42 Å². The van der Waals surface area contributed by atoms with Gasteiger partial charge in [0, 0.05) is 15.6 Å². The molecule has 1 aromatic heterocycles. The summed E-state index contributed by atoms with van der Waals surface area (Å²) in [6.07, 6.45) is 0. The first-order valence-corrected chi connectivity index (χ1v) is 6.50. The van der Waals surface area contributed by atoms with Gasteiger partial charge in [0.1, 0.15) is 5.52 Å². The first-order valence-electron chi connectivity index (χ1n) is 5.30. The summed E-state index contributed by atoms with van der Waals surface area (Å²) in [5, 5.41) is 1.28. The number of anilines is 1. The van der Waals surface area contributed by atoms with Crippen LogP contribution in [-0.2, 0) is 0 Å². The first kappa shape index (κ1) is 11.4. The molecule has 0 saturated heterocycles. The van der Waals surface area contributed by atoms with Crippen LogP contribution in [0.1, 0.15) is 0 Å². The van der Waals surface area contributed by atoms with E-state index in [0.29, 0.717) is 15.9 Å². The molecule has 2 N–H and O–H groups in total. The van der Waals surface area contributed by atoms with Gasteiger partial charge in [-0.25, -0.2) is 4.98 Å². The van der Waals surface area contributed by atoms with Crippen molar-refractivity contribution in [2.24, 2.45) is 0 Å². The lowest BCUT2D eigenvalue weighted by Gasteiger charge is -1.96. The Morgan fingerprint density at radius 2 is 2.06 bits per heavy atom. The van der Waals surface area contributed by atoms with E-state index in [9.17, 15) is 0 Å². The zero-order valence-corrected chi connectivity index (χ0v) is 10.8. The van der Waals surface area contributed by atoms with E-state index in [4.69, 9.17) is 21.8 Å². The average Bonchev–Trinajstić information content (AvgIpc) is 2.70. The van der Waals surface area contributed by atoms with Gasteiger partial charge < -0.3 is 10.2 Å². The van der Waals surface area contributed by atoms with Gasteiger partial charge in [0.25, 0.3) is 5.22 Å². The van der Waals surface area contributed by atoms with E-state index in [-0.39, 0.29) is 0 Å². The van der Waals surface area contributed by atoms with E-state index in [2.05, 4.69) is 4.98 Å². The van der Waals surface area contributed by atoms with Crippen molar-refractivity contribution in [2.75, 3.05) is 5.73 Å². The quantitative estimate of drug-likeness (QED) is 0.712. The number of nitrogens with zero attached hydrogens (tertiary/aromatic N) is 1. The second-order valence-corrected chi connectivity index (χ2v) is 5.23. The van der Waals surface area contributed by atoms with Gasteiger partial charge >= 0.3 is 0 Å². The Labute approximate surface area is 113 Å². The second-order valence-electron chi connectivity index (χ2n) is 3.77. The van der Waals surface area contributed by atoms with Crippen LogP contribution in [0.5, 0.6) is 0 Å². The molecule has 18 heavy (non-hydrogen) atoms. The minimum Gasteiger partial charge on any atom is -0.431 e. The van der Waals surface area contributed by atoms with E-state index in [1.54, 1.807) is 12.1 Å². The molecule has 0 spiro atoms. The standard InChI is InChI=1S/C13H9ClN2OS/c14-8-2-1-3-10(6-8)18-13-16-11-7-9(15)4-5-12(11)17-13/h1-7H,15H2. The molecule has 0 bridgehead atoms. The molecule has 3 nitrogen and oxygen atoms in total. The topological polar surface area (TPSA) is 52.0 Å². The van der Waals surface area contributed by atoms with Gasteiger partial charge in [-0.2, -0.15) is 0 Å². The monoisotopic (exact) mass is 276 g/mol. The lowest BCUT2D eigenvalue weighted by atomic mass is 10.3. The normalized spacial score (nSPS) is 10.9. The van der Waals surface area contributed by atoms with E-state index in [1.165, 1.54) is 11.8 Å². The highest BCUT2D eigenvalue weighted by molar-refractivity contribution is 7.99. The van der Waals surface area contributed by atoms with Crippen LogP contribution in [-0.4, -0.2) is 4.98 Å². The Kier molecular flexibility index (Phi) is 2.89. The van der Waals surface area contributed by atoms with Crippen LogP contribution in [0.2, 0.25) is 5.02 Å². The van der Waals surface area contributed by atoms with E-state index in [0.717, 1.165) is 16.0 Å². The Hall–Kier alpha value is -1.65. The van der Waals surface area contributed by atoms with Crippen molar-refractivity contribution in [3.05, 3.63) is 47.5 Å². The van der Waals surface area contributed by atoms with Gasteiger partial charge in [-0.3, -0.25) is 0 Å². The van der Waals surface area contributed by atoms with Crippen molar-refractivity contribution in [1.29, 1.82) is 0 Å². The zero-order valence-electron chi connectivity index (χ0n) is 9.26. The van der Waals surface area contributed by atoms with Crippen LogP contribution >= 0.6 is 23.4 Å². The van der Waals surface area contributed by atoms with Crippen molar-refractivity contribution in [2.45, 2.75) is 10.1 Å². The summed E-state index contributed by atoms with van der Waals surface area (Å²) in [4.78, 5) is 5.36. The summed E-state index contributed by atoms with van der Waals surface area (Å²) in [6.45, 7) is 0. The molecule has 3 rings (SSSR count). The molecule has 90 valence electrons. The first-order chi connectivity index (χ1) is 8.70. The summed E-state index contributed by atoms with van der Waals surface area (Å²) < 4.78 is 5.62. The molecule has 3 aromatic rings. The number of fused-ring (bicyclic) bond motifs is 1. The van der Waals surface area contributed by atoms with Crippen molar-refractivity contribution in [3.63, 3.8) is 0 Å². The van der Waals surface area contributed by atoms with Gasteiger partial charge in [-0.05, 0) is 48.2 Å². The van der Waals surface area contributed by atoms with Gasteiger partial charge in [-0.1, -0.05) is 17.7 Å². The predicted octanol–water partition coefficient (Wildman–Crippen LogP) is 4.21. The fourth-order valence-corrected chi connectivity index (χ4v) is 2.66. The van der Waals surface area contributed by atoms with Crippen molar-refractivity contribution in [3.8, 4) is 0 Å². The van der Waals surface area contributed by atoms with Gasteiger partial charge in [0.2, 0.25) is 0 Å². The molecule has 0 atom stereocenters. The number of oxazole rings is 1. The third kappa shape index (κ3) is 2.30. The zero-order chi connectivity index (χ0) is 12.5. The third-order valence-electron chi connectivity index (χ3n) is 2.39. The lowest BCUT2D eigenvalue weighted by Crippen LogP contribution is -1.82. The van der Waals surface area contributed by atoms with Gasteiger partial charge in [-0.15, -0.1) is 0 Å². The summed E-state index contributed by atoms with van der Waals surface area (Å²) in [5.74, 6) is 0. The van der Waals surface area contributed by atoms with Crippen molar-refractivity contribution in [1.82, 2.24) is 4.98 Å². The van der Waals surface area contributed by atoms with E-state index >= 15 is 0 Å². The Balaban J connectivity index is 1.95. The van der Waals surface area contributed by atoms with Crippen LogP contribution in [0.4, 0.5) is 5.69 Å². The van der Waals surface area contributed by atoms with Crippen LogP contribution < -0.4 is 5.73 Å². The molecule has 0 aliphatic carbocycles. The van der Waals surface area contributed by atoms with Crippen molar-refractivity contribution >= 4 is 40.1 Å². The fraction of sp³-hybridized carbons (Fsp3) is 0. The number of nitrogens with two attached hydrogens (primary N) is 1. The van der Waals surface area contributed by atoms with Crippen LogP contribution in [0.15, 0.2) is 57.0 Å². The molecule has 0 fully saturated rings. The molecular formula is C13H9ClN2OS. The summed E-state index contributed by atoms with van der Waals surface area (Å²) in [6, 6.07) is 13.0. The highest BCUT2D eigenvalue weighted by Crippen LogP contribution is 2.31. The molecule has 0 aliphatic rings. The Morgan fingerprint density at radius 1 is 1.17 bits per heavy atom. The number of halogens is 1. The molecule has 0 unspecified atom stereocenters. The molecule has 2 aromatic carbocycles. The molecule has 0 saturated carbocycles. The number of hydrogen-bond acceptors (Lipinski definition) is 4. The van der Waals surface area contributed by atoms with Gasteiger partial charge in [0.05, 0.1) is 0 Å². The van der Waals surface area contributed by atoms with Gasteiger partial charge in [0.15, 0.2) is 5.58 Å². The maximum Gasteiger partial charge on any atom is 0.261 e. The number of hydrogen-bond donors (Lipinski definition) is 1. The highest BCUT2D eigenvalue weighted by Gasteiger charge is 2.07. The number of benzene rings is 2. The fourth-order valence-electron chi connectivity index (χ4n) is 1.60. The SMILES string of the molecule is Nc1ccc2oc(Sc3cccc(Cl)c3)nc2c1. The lowest BCUT2D eigenvalue weighted by molar-refractivity contribution is 0.489.